The van der Waals surface area contributed by atoms with Gasteiger partial charge >= 0.3 is 0 Å². The molecule has 0 fully saturated rings. The van der Waals surface area contributed by atoms with Crippen LogP contribution in [-0.4, -0.2) is 25.4 Å². The van der Waals surface area contributed by atoms with Gasteiger partial charge in [0.1, 0.15) is 6.04 Å². The zero-order valence-electron chi connectivity index (χ0n) is 17.7. The number of pyridine rings is 1. The number of rotatable bonds is 7. The van der Waals surface area contributed by atoms with Crippen LogP contribution in [0.4, 0.5) is 0 Å². The lowest BCUT2D eigenvalue weighted by atomic mass is 10.0. The number of aromatic nitrogens is 1. The van der Waals surface area contributed by atoms with Gasteiger partial charge in [0.2, 0.25) is 15.9 Å². The second-order valence-electron chi connectivity index (χ2n) is 7.75. The highest BCUT2D eigenvalue weighted by molar-refractivity contribution is 7.89. The van der Waals surface area contributed by atoms with Gasteiger partial charge in [-0.2, -0.15) is 4.72 Å². The Hall–Kier alpha value is -2.45. The van der Waals surface area contributed by atoms with Crippen LogP contribution in [0, 0.1) is 33.6 Å². The van der Waals surface area contributed by atoms with Crippen molar-refractivity contribution in [2.45, 2.75) is 59.0 Å². The minimum absolute atomic E-state index is 0.0227. The third-order valence-corrected chi connectivity index (χ3v) is 6.39. The number of amides is 1. The summed E-state index contributed by atoms with van der Waals surface area (Å²) in [6.45, 7) is 10.9. The van der Waals surface area contributed by atoms with E-state index in [4.69, 9.17) is 0 Å². The lowest BCUT2D eigenvalue weighted by Crippen LogP contribution is -2.49. The molecule has 1 amide bonds. The molecule has 0 aliphatic carbocycles. The maximum Gasteiger partial charge on any atom is 0.253 e. The summed E-state index contributed by atoms with van der Waals surface area (Å²) in [5.41, 5.74) is 3.53. The van der Waals surface area contributed by atoms with Crippen LogP contribution in [0.3, 0.4) is 0 Å². The van der Waals surface area contributed by atoms with Gasteiger partial charge in [-0.05, 0) is 68.5 Å². The van der Waals surface area contributed by atoms with Gasteiger partial charge in [0.25, 0.3) is 5.56 Å². The Bertz CT molecular complexity index is 1070. The first kappa shape index (κ1) is 22.8. The predicted octanol–water partition coefficient (Wildman–Crippen LogP) is 2.23. The minimum atomic E-state index is -3.87. The monoisotopic (exact) mass is 419 g/mol. The topological polar surface area (TPSA) is 108 Å². The number of hydrogen-bond donors (Lipinski definition) is 3. The van der Waals surface area contributed by atoms with Crippen molar-refractivity contribution in [1.29, 1.82) is 0 Å². The number of aryl methyl sites for hydroxylation is 4. The summed E-state index contributed by atoms with van der Waals surface area (Å²) in [5, 5.41) is 2.69. The van der Waals surface area contributed by atoms with Crippen LogP contribution in [0.1, 0.15) is 41.8 Å². The Labute approximate surface area is 172 Å². The Morgan fingerprint density at radius 3 is 2.24 bits per heavy atom. The van der Waals surface area contributed by atoms with E-state index in [-0.39, 0.29) is 22.9 Å². The molecule has 8 heteroatoms. The van der Waals surface area contributed by atoms with Crippen LogP contribution in [0.5, 0.6) is 0 Å². The molecule has 3 N–H and O–H groups in total. The summed E-state index contributed by atoms with van der Waals surface area (Å²) in [4.78, 5) is 27.7. The third kappa shape index (κ3) is 5.55. The van der Waals surface area contributed by atoms with Gasteiger partial charge in [0.05, 0.1) is 4.90 Å². The first-order chi connectivity index (χ1) is 13.4. The quantitative estimate of drug-likeness (QED) is 0.639. The summed E-state index contributed by atoms with van der Waals surface area (Å²) >= 11 is 0. The summed E-state index contributed by atoms with van der Waals surface area (Å²) in [7, 11) is -3.87. The smallest absolute Gasteiger partial charge is 0.253 e. The van der Waals surface area contributed by atoms with Crippen molar-refractivity contribution in [3.8, 4) is 0 Å². The van der Waals surface area contributed by atoms with E-state index in [9.17, 15) is 18.0 Å². The summed E-state index contributed by atoms with van der Waals surface area (Å²) in [5.74, 6) is -0.763. The lowest BCUT2D eigenvalue weighted by molar-refractivity contribution is -0.123. The van der Waals surface area contributed by atoms with Crippen molar-refractivity contribution in [2.75, 3.05) is 0 Å². The maximum atomic E-state index is 12.8. The van der Waals surface area contributed by atoms with E-state index in [1.165, 1.54) is 6.07 Å². The highest BCUT2D eigenvalue weighted by atomic mass is 32.2. The molecule has 158 valence electrons. The molecule has 0 aliphatic heterocycles. The van der Waals surface area contributed by atoms with Gasteiger partial charge < -0.3 is 10.3 Å². The molecule has 0 unspecified atom stereocenters. The van der Waals surface area contributed by atoms with Crippen LogP contribution in [0.15, 0.2) is 34.0 Å². The van der Waals surface area contributed by atoms with Crippen LogP contribution in [-0.2, 0) is 21.4 Å². The Balaban J connectivity index is 2.19. The molecule has 7 nitrogen and oxygen atoms in total. The maximum absolute atomic E-state index is 12.8. The molecule has 0 bridgehead atoms. The van der Waals surface area contributed by atoms with E-state index < -0.39 is 22.0 Å². The normalized spacial score (nSPS) is 12.8. The number of hydrogen-bond acceptors (Lipinski definition) is 4. The van der Waals surface area contributed by atoms with E-state index in [2.05, 4.69) is 15.0 Å². The third-order valence-electron chi connectivity index (χ3n) is 4.95. The molecule has 29 heavy (non-hydrogen) atoms. The van der Waals surface area contributed by atoms with Crippen molar-refractivity contribution < 1.29 is 13.2 Å². The summed E-state index contributed by atoms with van der Waals surface area (Å²) in [6, 6.07) is 5.70. The average Bonchev–Trinajstić information content (AvgIpc) is 2.60. The van der Waals surface area contributed by atoms with Gasteiger partial charge in [0, 0.05) is 17.8 Å². The molecule has 1 aromatic carbocycles. The number of carbonyl (C=O) groups excluding carboxylic acids is 1. The molecule has 1 heterocycles. The van der Waals surface area contributed by atoms with Crippen molar-refractivity contribution in [3.63, 3.8) is 0 Å². The molecular formula is C21H29N3O4S. The zero-order valence-corrected chi connectivity index (χ0v) is 18.5. The molecule has 1 atom stereocenters. The lowest BCUT2D eigenvalue weighted by Gasteiger charge is -2.22. The summed E-state index contributed by atoms with van der Waals surface area (Å²) < 4.78 is 28.1. The zero-order chi connectivity index (χ0) is 21.9. The van der Waals surface area contributed by atoms with Gasteiger partial charge in [-0.25, -0.2) is 8.42 Å². The summed E-state index contributed by atoms with van der Waals surface area (Å²) in [6.07, 6.45) is 0. The number of aromatic amines is 1. The van der Waals surface area contributed by atoms with Crippen molar-refractivity contribution in [2.24, 2.45) is 5.92 Å². The predicted molar refractivity (Wildman–Crippen MR) is 113 cm³/mol. The van der Waals surface area contributed by atoms with Crippen LogP contribution in [0.25, 0.3) is 0 Å². The number of sulfonamides is 1. The van der Waals surface area contributed by atoms with E-state index in [0.717, 1.165) is 22.4 Å². The van der Waals surface area contributed by atoms with E-state index in [1.54, 1.807) is 39.8 Å². The SMILES string of the molecule is Cc1cc(C)c(CNC(=O)[C@H](NS(=O)(=O)c2ccc(C)c(C)c2)C(C)C)c(=O)[nH]1. The van der Waals surface area contributed by atoms with Gasteiger partial charge in [0.15, 0.2) is 0 Å². The molecule has 2 aromatic rings. The first-order valence-corrected chi connectivity index (χ1v) is 11.0. The Kier molecular flexibility index (Phi) is 7.02. The first-order valence-electron chi connectivity index (χ1n) is 9.49. The standard InChI is InChI=1S/C21H29N3O4S/c1-12(2)19(24-29(27,28)17-8-7-13(3)14(4)10-17)21(26)22-11-18-15(5)9-16(6)23-20(18)25/h7-10,12,19,24H,11H2,1-6H3,(H,22,26)(H,23,25)/t19-/m1/s1. The molecule has 1 aromatic heterocycles. The number of H-pyrrole nitrogens is 1. The van der Waals surface area contributed by atoms with E-state index in [0.29, 0.717) is 5.56 Å². The van der Waals surface area contributed by atoms with Crippen LogP contribution < -0.4 is 15.6 Å². The fourth-order valence-electron chi connectivity index (χ4n) is 3.00. The number of benzene rings is 1. The van der Waals surface area contributed by atoms with E-state index >= 15 is 0 Å². The fourth-order valence-corrected chi connectivity index (χ4v) is 4.42. The van der Waals surface area contributed by atoms with Gasteiger partial charge in [-0.15, -0.1) is 0 Å². The Morgan fingerprint density at radius 2 is 1.69 bits per heavy atom. The molecule has 0 aliphatic rings. The van der Waals surface area contributed by atoms with Crippen LogP contribution in [0.2, 0.25) is 0 Å². The molecule has 0 saturated carbocycles. The van der Waals surface area contributed by atoms with Gasteiger partial charge in [-0.1, -0.05) is 19.9 Å². The second-order valence-corrected chi connectivity index (χ2v) is 9.46. The largest absolute Gasteiger partial charge is 0.350 e. The highest BCUT2D eigenvalue weighted by Crippen LogP contribution is 2.16. The minimum Gasteiger partial charge on any atom is -0.350 e. The van der Waals surface area contributed by atoms with Crippen molar-refractivity contribution >= 4 is 15.9 Å². The molecular weight excluding hydrogens is 390 g/mol. The second kappa shape index (κ2) is 8.92. The fraction of sp³-hybridized carbons (Fsp3) is 0.429. The molecule has 2 rings (SSSR count). The highest BCUT2D eigenvalue weighted by Gasteiger charge is 2.28. The van der Waals surface area contributed by atoms with Crippen molar-refractivity contribution in [1.82, 2.24) is 15.0 Å². The molecule has 0 radical (unpaired) electrons. The average molecular weight is 420 g/mol. The van der Waals surface area contributed by atoms with Gasteiger partial charge in [-0.3, -0.25) is 9.59 Å². The molecule has 0 spiro atoms. The number of carbonyl (C=O) groups is 1. The van der Waals surface area contributed by atoms with Crippen LogP contribution >= 0.6 is 0 Å². The number of nitrogens with one attached hydrogen (secondary N) is 3. The molecule has 0 saturated heterocycles. The van der Waals surface area contributed by atoms with Crippen molar-refractivity contribution in [3.05, 3.63) is 62.6 Å². The van der Waals surface area contributed by atoms with E-state index in [1.807, 2.05) is 19.9 Å². The Morgan fingerprint density at radius 1 is 1.03 bits per heavy atom.